The Balaban J connectivity index is 3.46. The molecule has 0 amide bonds. The SMILES string of the molecule is [CH2]N(CC)CCP(=O)(O)O. The monoisotopic (exact) mass is 166 g/mol. The van der Waals surface area contributed by atoms with Crippen LogP contribution >= 0.6 is 7.60 Å². The Bertz CT molecular complexity index is 133. The molecule has 4 nitrogen and oxygen atoms in total. The molecule has 2 N–H and O–H groups in total. The second-order valence-corrected chi connectivity index (χ2v) is 3.88. The zero-order chi connectivity index (χ0) is 8.20. The first-order chi connectivity index (χ1) is 4.45. The van der Waals surface area contributed by atoms with Gasteiger partial charge in [0.2, 0.25) is 0 Å². The van der Waals surface area contributed by atoms with E-state index in [0.717, 1.165) is 0 Å². The zero-order valence-electron chi connectivity index (χ0n) is 6.03. The van der Waals surface area contributed by atoms with E-state index >= 15 is 0 Å². The number of rotatable bonds is 4. The minimum Gasteiger partial charge on any atom is -0.324 e. The summed E-state index contributed by atoms with van der Waals surface area (Å²) >= 11 is 0. The standard InChI is InChI=1S/C5H13NO3P/c1-3-6(2)4-5-10(7,8)9/h2-5H2,1H3,(H2,7,8,9). The summed E-state index contributed by atoms with van der Waals surface area (Å²) in [5.74, 6) is 0. The van der Waals surface area contributed by atoms with Gasteiger partial charge in [-0.1, -0.05) is 6.92 Å². The molecule has 0 atom stereocenters. The van der Waals surface area contributed by atoms with Crippen molar-refractivity contribution in [3.63, 3.8) is 0 Å². The first-order valence-corrected chi connectivity index (χ1v) is 4.85. The van der Waals surface area contributed by atoms with Crippen molar-refractivity contribution in [1.29, 1.82) is 0 Å². The molecule has 0 saturated heterocycles. The van der Waals surface area contributed by atoms with E-state index in [2.05, 4.69) is 7.05 Å². The Morgan fingerprint density at radius 2 is 2.10 bits per heavy atom. The summed E-state index contributed by atoms with van der Waals surface area (Å²) in [5.41, 5.74) is 0. The molecule has 0 saturated carbocycles. The lowest BCUT2D eigenvalue weighted by Gasteiger charge is -2.12. The molecule has 0 unspecified atom stereocenters. The fraction of sp³-hybridized carbons (Fsp3) is 0.800. The summed E-state index contributed by atoms with van der Waals surface area (Å²) < 4.78 is 10.3. The predicted molar refractivity (Wildman–Crippen MR) is 39.5 cm³/mol. The highest BCUT2D eigenvalue weighted by atomic mass is 31.2. The van der Waals surface area contributed by atoms with Crippen LogP contribution in [0.15, 0.2) is 0 Å². The summed E-state index contributed by atoms with van der Waals surface area (Å²) in [6, 6.07) is 0. The number of nitrogens with zero attached hydrogens (tertiary/aromatic N) is 1. The smallest absolute Gasteiger partial charge is 0.324 e. The molecule has 61 valence electrons. The molecule has 0 rings (SSSR count). The van der Waals surface area contributed by atoms with Crippen molar-refractivity contribution < 1.29 is 14.4 Å². The van der Waals surface area contributed by atoms with E-state index in [1.165, 1.54) is 0 Å². The highest BCUT2D eigenvalue weighted by Crippen LogP contribution is 2.33. The highest BCUT2D eigenvalue weighted by Gasteiger charge is 2.12. The summed E-state index contributed by atoms with van der Waals surface area (Å²) in [6.07, 6.45) is -0.107. The van der Waals surface area contributed by atoms with Gasteiger partial charge in [-0.3, -0.25) is 4.57 Å². The minimum atomic E-state index is -3.81. The zero-order valence-corrected chi connectivity index (χ0v) is 6.92. The van der Waals surface area contributed by atoms with Gasteiger partial charge in [-0.05, 0) is 6.54 Å². The molecule has 10 heavy (non-hydrogen) atoms. The number of hydrogen-bond donors (Lipinski definition) is 2. The van der Waals surface area contributed by atoms with E-state index < -0.39 is 7.60 Å². The van der Waals surface area contributed by atoms with Crippen LogP contribution in [0.4, 0.5) is 0 Å². The summed E-state index contributed by atoms with van der Waals surface area (Å²) in [4.78, 5) is 18.4. The largest absolute Gasteiger partial charge is 0.326 e. The lowest BCUT2D eigenvalue weighted by Crippen LogP contribution is -2.19. The van der Waals surface area contributed by atoms with Gasteiger partial charge in [0, 0.05) is 13.6 Å². The van der Waals surface area contributed by atoms with Gasteiger partial charge in [0.15, 0.2) is 0 Å². The topological polar surface area (TPSA) is 60.8 Å². The van der Waals surface area contributed by atoms with Crippen LogP contribution in [0.3, 0.4) is 0 Å². The van der Waals surface area contributed by atoms with Gasteiger partial charge >= 0.3 is 7.60 Å². The van der Waals surface area contributed by atoms with Crippen molar-refractivity contribution in [3.8, 4) is 0 Å². The molecule has 0 heterocycles. The van der Waals surface area contributed by atoms with Crippen molar-refractivity contribution in [2.45, 2.75) is 6.92 Å². The van der Waals surface area contributed by atoms with Crippen molar-refractivity contribution in [3.05, 3.63) is 7.05 Å². The maximum Gasteiger partial charge on any atom is 0.326 e. The molecule has 0 aliphatic rings. The van der Waals surface area contributed by atoms with Crippen LogP contribution in [0, 0.1) is 7.05 Å². The second kappa shape index (κ2) is 4.09. The van der Waals surface area contributed by atoms with Crippen molar-refractivity contribution in [2.24, 2.45) is 0 Å². The van der Waals surface area contributed by atoms with Crippen LogP contribution in [-0.4, -0.2) is 33.9 Å². The molecule has 0 aliphatic heterocycles. The van der Waals surface area contributed by atoms with Gasteiger partial charge in [-0.15, -0.1) is 0 Å². The maximum atomic E-state index is 10.3. The minimum absolute atomic E-state index is 0.107. The van der Waals surface area contributed by atoms with Crippen LogP contribution in [-0.2, 0) is 4.57 Å². The Morgan fingerprint density at radius 1 is 1.60 bits per heavy atom. The van der Waals surface area contributed by atoms with E-state index in [4.69, 9.17) is 9.79 Å². The Labute approximate surface area is 61.0 Å². The van der Waals surface area contributed by atoms with E-state index in [9.17, 15) is 4.57 Å². The molecular weight excluding hydrogens is 153 g/mol. The fourth-order valence-electron chi connectivity index (χ4n) is 0.430. The lowest BCUT2D eigenvalue weighted by atomic mass is 10.6. The van der Waals surface area contributed by atoms with Gasteiger partial charge in [0.1, 0.15) is 0 Å². The summed E-state index contributed by atoms with van der Waals surface area (Å²) in [5, 5.41) is 0. The maximum absolute atomic E-state index is 10.3. The molecular formula is C5H13NO3P. The Morgan fingerprint density at radius 3 is 2.40 bits per heavy atom. The average Bonchev–Trinajstić information content (AvgIpc) is 1.81. The molecule has 0 spiro atoms. The quantitative estimate of drug-likeness (QED) is 0.589. The molecule has 0 bridgehead atoms. The average molecular weight is 166 g/mol. The van der Waals surface area contributed by atoms with E-state index in [1.807, 2.05) is 6.92 Å². The van der Waals surface area contributed by atoms with Crippen molar-refractivity contribution in [2.75, 3.05) is 19.3 Å². The lowest BCUT2D eigenvalue weighted by molar-refractivity contribution is 0.352. The predicted octanol–water partition coefficient (Wildman–Crippen LogP) is 0.278. The third-order valence-electron chi connectivity index (χ3n) is 1.15. The van der Waals surface area contributed by atoms with Crippen LogP contribution in [0.2, 0.25) is 0 Å². The van der Waals surface area contributed by atoms with Crippen molar-refractivity contribution in [1.82, 2.24) is 4.90 Å². The molecule has 0 aromatic rings. The van der Waals surface area contributed by atoms with Gasteiger partial charge < -0.3 is 14.7 Å². The molecule has 0 aliphatic carbocycles. The highest BCUT2D eigenvalue weighted by molar-refractivity contribution is 7.51. The van der Waals surface area contributed by atoms with E-state index in [1.54, 1.807) is 4.90 Å². The van der Waals surface area contributed by atoms with Crippen LogP contribution < -0.4 is 0 Å². The molecule has 1 radical (unpaired) electrons. The third-order valence-corrected chi connectivity index (χ3v) is 1.94. The summed E-state index contributed by atoms with van der Waals surface area (Å²) in [6.45, 7) is 2.94. The first kappa shape index (κ1) is 10.1. The third kappa shape index (κ3) is 6.23. The second-order valence-electron chi connectivity index (χ2n) is 2.10. The van der Waals surface area contributed by atoms with E-state index in [0.29, 0.717) is 13.1 Å². The van der Waals surface area contributed by atoms with Gasteiger partial charge in [0.05, 0.1) is 6.16 Å². The first-order valence-electron chi connectivity index (χ1n) is 3.05. The normalized spacial score (nSPS) is 12.5. The Kier molecular flexibility index (Phi) is 4.13. The van der Waals surface area contributed by atoms with Gasteiger partial charge in [0.25, 0.3) is 0 Å². The molecule has 5 heteroatoms. The molecule has 0 aromatic carbocycles. The molecule has 0 fully saturated rings. The van der Waals surface area contributed by atoms with Gasteiger partial charge in [-0.2, -0.15) is 0 Å². The van der Waals surface area contributed by atoms with Gasteiger partial charge in [-0.25, -0.2) is 0 Å². The van der Waals surface area contributed by atoms with E-state index in [-0.39, 0.29) is 6.16 Å². The fourth-order valence-corrected chi connectivity index (χ4v) is 0.973. The van der Waals surface area contributed by atoms with Crippen LogP contribution in [0.25, 0.3) is 0 Å². The van der Waals surface area contributed by atoms with Crippen LogP contribution in [0.1, 0.15) is 6.92 Å². The molecule has 0 aromatic heterocycles. The van der Waals surface area contributed by atoms with Crippen molar-refractivity contribution >= 4 is 7.60 Å². The Hall–Kier alpha value is 0.110. The number of hydrogen-bond acceptors (Lipinski definition) is 2. The van der Waals surface area contributed by atoms with Crippen LogP contribution in [0.5, 0.6) is 0 Å². The summed E-state index contributed by atoms with van der Waals surface area (Å²) in [7, 11) is -0.265.